The van der Waals surface area contributed by atoms with E-state index in [0.717, 1.165) is 0 Å². The zero-order chi connectivity index (χ0) is 14.7. The minimum Gasteiger partial charge on any atom is -0.481 e. The Morgan fingerprint density at radius 2 is 1.50 bits per heavy atom. The number of nitrogens with one attached hydrogen (secondary N) is 1. The second-order valence-electron chi connectivity index (χ2n) is 7.15. The van der Waals surface area contributed by atoms with Crippen LogP contribution in [-0.2, 0) is 9.59 Å². The molecule has 2 atom stereocenters. The van der Waals surface area contributed by atoms with Gasteiger partial charge in [0.2, 0.25) is 5.91 Å². The van der Waals surface area contributed by atoms with Crippen LogP contribution in [0.1, 0.15) is 48.5 Å². The van der Waals surface area contributed by atoms with E-state index < -0.39 is 23.2 Å². The van der Waals surface area contributed by atoms with Gasteiger partial charge < -0.3 is 10.4 Å². The maximum absolute atomic E-state index is 12.0. The molecule has 0 radical (unpaired) electrons. The third-order valence-electron chi connectivity index (χ3n) is 3.44. The topological polar surface area (TPSA) is 66.4 Å². The SMILES string of the molecule is CC(CNC(=O)C(C(=O)O)C(C)(C)C)C(C)(C)C. The van der Waals surface area contributed by atoms with E-state index in [9.17, 15) is 9.59 Å². The molecule has 0 aromatic rings. The monoisotopic (exact) mass is 257 g/mol. The molecule has 106 valence electrons. The third-order valence-corrected chi connectivity index (χ3v) is 3.44. The fourth-order valence-electron chi connectivity index (χ4n) is 1.54. The lowest BCUT2D eigenvalue weighted by atomic mass is 9.79. The molecule has 2 N–H and O–H groups in total. The van der Waals surface area contributed by atoms with Crippen LogP contribution in [0.15, 0.2) is 0 Å². The van der Waals surface area contributed by atoms with E-state index in [1.54, 1.807) is 20.8 Å². The minimum atomic E-state index is -1.07. The van der Waals surface area contributed by atoms with Gasteiger partial charge in [0.05, 0.1) is 0 Å². The molecule has 0 saturated heterocycles. The van der Waals surface area contributed by atoms with Crippen LogP contribution < -0.4 is 5.32 Å². The second-order valence-corrected chi connectivity index (χ2v) is 7.15. The van der Waals surface area contributed by atoms with Crippen LogP contribution in [0.2, 0.25) is 0 Å². The first kappa shape index (κ1) is 16.9. The number of rotatable bonds is 4. The van der Waals surface area contributed by atoms with Crippen molar-refractivity contribution < 1.29 is 14.7 Å². The molecule has 18 heavy (non-hydrogen) atoms. The van der Waals surface area contributed by atoms with Gasteiger partial charge >= 0.3 is 5.97 Å². The highest BCUT2D eigenvalue weighted by Gasteiger charge is 2.37. The molecule has 1 amide bonds. The fourth-order valence-corrected chi connectivity index (χ4v) is 1.54. The lowest BCUT2D eigenvalue weighted by Crippen LogP contribution is -2.45. The summed E-state index contributed by atoms with van der Waals surface area (Å²) in [5.41, 5.74) is -0.491. The van der Waals surface area contributed by atoms with Crippen molar-refractivity contribution in [3.05, 3.63) is 0 Å². The van der Waals surface area contributed by atoms with Gasteiger partial charge in [-0.2, -0.15) is 0 Å². The summed E-state index contributed by atoms with van der Waals surface area (Å²) in [5, 5.41) is 11.9. The van der Waals surface area contributed by atoms with Crippen molar-refractivity contribution in [2.75, 3.05) is 6.54 Å². The van der Waals surface area contributed by atoms with E-state index in [1.807, 2.05) is 6.92 Å². The highest BCUT2D eigenvalue weighted by Crippen LogP contribution is 2.27. The zero-order valence-corrected chi connectivity index (χ0v) is 12.6. The summed E-state index contributed by atoms with van der Waals surface area (Å²) >= 11 is 0. The number of carboxylic acid groups (broad SMARTS) is 1. The van der Waals surface area contributed by atoms with Crippen molar-refractivity contribution in [2.24, 2.45) is 22.7 Å². The van der Waals surface area contributed by atoms with E-state index in [4.69, 9.17) is 5.11 Å². The normalized spacial score (nSPS) is 15.9. The predicted octanol–water partition coefficient (Wildman–Crippen LogP) is 2.53. The molecule has 4 heteroatoms. The Bertz CT molecular complexity index is 310. The van der Waals surface area contributed by atoms with Gasteiger partial charge in [-0.25, -0.2) is 0 Å². The van der Waals surface area contributed by atoms with E-state index in [1.165, 1.54) is 0 Å². The molecule has 0 aliphatic carbocycles. The summed E-state index contributed by atoms with van der Waals surface area (Å²) < 4.78 is 0. The van der Waals surface area contributed by atoms with Crippen LogP contribution in [0, 0.1) is 22.7 Å². The molecule has 0 aromatic carbocycles. The Morgan fingerprint density at radius 3 is 1.78 bits per heavy atom. The Labute approximate surface area is 110 Å². The van der Waals surface area contributed by atoms with Gasteiger partial charge in [0.1, 0.15) is 5.92 Å². The number of aliphatic carboxylic acids is 1. The molecule has 2 unspecified atom stereocenters. The van der Waals surface area contributed by atoms with Crippen molar-refractivity contribution in [3.8, 4) is 0 Å². The summed E-state index contributed by atoms with van der Waals surface area (Å²) in [6.07, 6.45) is 0. The van der Waals surface area contributed by atoms with Gasteiger partial charge in [0.15, 0.2) is 0 Å². The van der Waals surface area contributed by atoms with Crippen LogP contribution in [0.4, 0.5) is 0 Å². The highest BCUT2D eigenvalue weighted by atomic mass is 16.4. The molecule has 0 bridgehead atoms. The van der Waals surface area contributed by atoms with Crippen molar-refractivity contribution in [1.82, 2.24) is 5.32 Å². The molecule has 0 heterocycles. The fraction of sp³-hybridized carbons (Fsp3) is 0.857. The first-order valence-corrected chi connectivity index (χ1v) is 6.38. The number of hydrogen-bond acceptors (Lipinski definition) is 2. The smallest absolute Gasteiger partial charge is 0.316 e. The largest absolute Gasteiger partial charge is 0.481 e. The highest BCUT2D eigenvalue weighted by molar-refractivity contribution is 5.97. The number of amides is 1. The van der Waals surface area contributed by atoms with Crippen molar-refractivity contribution in [3.63, 3.8) is 0 Å². The minimum absolute atomic E-state index is 0.0910. The molecule has 0 fully saturated rings. The molecule has 0 aromatic heterocycles. The van der Waals surface area contributed by atoms with Gasteiger partial charge in [0, 0.05) is 6.54 Å². The first-order chi connectivity index (χ1) is 7.87. The Balaban J connectivity index is 4.62. The predicted molar refractivity (Wildman–Crippen MR) is 72.2 cm³/mol. The summed E-state index contributed by atoms with van der Waals surface area (Å²) in [4.78, 5) is 23.1. The number of carbonyl (C=O) groups excluding carboxylic acids is 1. The van der Waals surface area contributed by atoms with E-state index in [2.05, 4.69) is 26.1 Å². The molecule has 0 aliphatic heterocycles. The number of carbonyl (C=O) groups is 2. The maximum atomic E-state index is 12.0. The van der Waals surface area contributed by atoms with Crippen LogP contribution in [0.25, 0.3) is 0 Å². The maximum Gasteiger partial charge on any atom is 0.316 e. The van der Waals surface area contributed by atoms with Gasteiger partial charge in [-0.15, -0.1) is 0 Å². The molecule has 4 nitrogen and oxygen atoms in total. The van der Waals surface area contributed by atoms with Gasteiger partial charge in [-0.3, -0.25) is 9.59 Å². The Morgan fingerprint density at radius 1 is 1.06 bits per heavy atom. The first-order valence-electron chi connectivity index (χ1n) is 6.38. The molecule has 0 spiro atoms. The van der Waals surface area contributed by atoms with Crippen LogP contribution in [-0.4, -0.2) is 23.5 Å². The standard InChI is InChI=1S/C14H27NO3/c1-9(13(2,3)4)8-15-11(16)10(12(17)18)14(5,6)7/h9-10H,8H2,1-7H3,(H,15,16)(H,17,18). The average Bonchev–Trinajstić information content (AvgIpc) is 2.09. The zero-order valence-electron chi connectivity index (χ0n) is 12.6. The van der Waals surface area contributed by atoms with Crippen LogP contribution >= 0.6 is 0 Å². The third kappa shape index (κ3) is 5.07. The molecular formula is C14H27NO3. The average molecular weight is 257 g/mol. The van der Waals surface area contributed by atoms with Gasteiger partial charge in [-0.05, 0) is 16.7 Å². The molecule has 0 aliphatic rings. The van der Waals surface area contributed by atoms with Crippen molar-refractivity contribution in [1.29, 1.82) is 0 Å². The van der Waals surface area contributed by atoms with Crippen LogP contribution in [0.5, 0.6) is 0 Å². The van der Waals surface area contributed by atoms with Crippen LogP contribution in [0.3, 0.4) is 0 Å². The summed E-state index contributed by atoms with van der Waals surface area (Å²) in [7, 11) is 0. The molecule has 0 rings (SSSR count). The number of carboxylic acids is 1. The lowest BCUT2D eigenvalue weighted by molar-refractivity contribution is -0.151. The Hall–Kier alpha value is -1.06. The molecular weight excluding hydrogens is 230 g/mol. The second kappa shape index (κ2) is 5.72. The summed E-state index contributed by atoms with van der Waals surface area (Å²) in [6.45, 7) is 14.1. The van der Waals surface area contributed by atoms with E-state index >= 15 is 0 Å². The summed E-state index contributed by atoms with van der Waals surface area (Å²) in [5.74, 6) is -2.19. The van der Waals surface area contributed by atoms with Gasteiger partial charge in [0.25, 0.3) is 0 Å². The number of hydrogen-bond donors (Lipinski definition) is 2. The molecule has 0 saturated carbocycles. The summed E-state index contributed by atoms with van der Waals surface area (Å²) in [6, 6.07) is 0. The van der Waals surface area contributed by atoms with Crippen molar-refractivity contribution >= 4 is 11.9 Å². The lowest BCUT2D eigenvalue weighted by Gasteiger charge is -2.30. The quantitative estimate of drug-likeness (QED) is 0.761. The van der Waals surface area contributed by atoms with E-state index in [0.29, 0.717) is 6.54 Å². The van der Waals surface area contributed by atoms with Crippen molar-refractivity contribution in [2.45, 2.75) is 48.5 Å². The van der Waals surface area contributed by atoms with Gasteiger partial charge in [-0.1, -0.05) is 48.5 Å². The Kier molecular flexibility index (Phi) is 5.38. The van der Waals surface area contributed by atoms with E-state index in [-0.39, 0.29) is 11.3 Å².